The number of thiazole rings is 2. The number of carbonyl (C=O) groups is 2. The first-order valence-corrected chi connectivity index (χ1v) is 22.8. The van der Waals surface area contributed by atoms with Crippen LogP contribution in [0, 0.1) is 13.8 Å². The normalized spacial score (nSPS) is 12.5. The Balaban J connectivity index is 0.000000180. The number of rotatable bonds is 12. The fourth-order valence-electron chi connectivity index (χ4n) is 7.06. The summed E-state index contributed by atoms with van der Waals surface area (Å²) in [5, 5.41) is 17.7. The molecule has 0 unspecified atom stereocenters. The molecule has 4 aromatic heterocycles. The van der Waals surface area contributed by atoms with Gasteiger partial charge in [0.2, 0.25) is 0 Å². The number of nitrogens with zero attached hydrogens (tertiary/aromatic N) is 5. The fraction of sp³-hybridized carbons (Fsp3) is 0.160. The van der Waals surface area contributed by atoms with E-state index in [2.05, 4.69) is 58.2 Å². The van der Waals surface area contributed by atoms with E-state index in [0.717, 1.165) is 87.6 Å². The van der Waals surface area contributed by atoms with Gasteiger partial charge in [-0.15, -0.1) is 22.7 Å². The summed E-state index contributed by atoms with van der Waals surface area (Å²) < 4.78 is 38.8. The second kappa shape index (κ2) is 20.7. The van der Waals surface area contributed by atoms with Gasteiger partial charge in [-0.2, -0.15) is 13.2 Å². The average molecular weight is 924 g/mol. The first-order valence-electron chi connectivity index (χ1n) is 21.0. The van der Waals surface area contributed by atoms with Gasteiger partial charge in [0, 0.05) is 87.1 Å². The molecule has 0 bridgehead atoms. The van der Waals surface area contributed by atoms with E-state index in [1.165, 1.54) is 53.2 Å². The highest BCUT2D eigenvalue weighted by Gasteiger charge is 2.31. The predicted octanol–water partition coefficient (Wildman–Crippen LogP) is 12.6. The van der Waals surface area contributed by atoms with Crippen LogP contribution >= 0.6 is 22.7 Å². The van der Waals surface area contributed by atoms with Crippen molar-refractivity contribution in [3.63, 3.8) is 0 Å². The van der Waals surface area contributed by atoms with Gasteiger partial charge in [-0.05, 0) is 135 Å². The van der Waals surface area contributed by atoms with Crippen LogP contribution in [-0.2, 0) is 12.7 Å². The third-order valence-corrected chi connectivity index (χ3v) is 12.2. The van der Waals surface area contributed by atoms with Crippen molar-refractivity contribution in [2.24, 2.45) is 0 Å². The van der Waals surface area contributed by atoms with Gasteiger partial charge in [0.1, 0.15) is 0 Å². The van der Waals surface area contributed by atoms with Gasteiger partial charge >= 0.3 is 6.18 Å². The van der Waals surface area contributed by atoms with Crippen molar-refractivity contribution in [1.29, 1.82) is 0 Å². The van der Waals surface area contributed by atoms with Crippen LogP contribution in [0.4, 0.5) is 46.2 Å². The van der Waals surface area contributed by atoms with Gasteiger partial charge in [-0.1, -0.05) is 30.3 Å². The lowest BCUT2D eigenvalue weighted by Crippen LogP contribution is -2.18. The smallest absolute Gasteiger partial charge is 0.331 e. The Morgan fingerprint density at radius 3 is 1.67 bits per heavy atom. The Hall–Kier alpha value is -7.27. The maximum Gasteiger partial charge on any atom is 0.416 e. The number of likely N-dealkylation sites (tertiary alicyclic amines) is 1. The lowest BCUT2D eigenvalue weighted by atomic mass is 10.1. The number of benzene rings is 4. The first-order chi connectivity index (χ1) is 31.9. The SMILES string of the molecule is Cc1ccc(NC(=O)c2ccc(CN3CCCC3)cc2)cc1Nc1nc(-c2cccnc2)cs1.Cc1ccc(NC(=O)c2cccc(C(F)(F)F)c2)cc1Nc1nc(-c2cccnc2)cs1. The molecular formula is C50H44F3N9O2S2. The molecule has 66 heavy (non-hydrogen) atoms. The molecule has 16 heteroatoms. The van der Waals surface area contributed by atoms with Gasteiger partial charge in [0.25, 0.3) is 11.8 Å². The zero-order valence-corrected chi connectivity index (χ0v) is 37.5. The van der Waals surface area contributed by atoms with Crippen molar-refractivity contribution in [2.75, 3.05) is 34.4 Å². The maximum absolute atomic E-state index is 12.9. The lowest BCUT2D eigenvalue weighted by molar-refractivity contribution is -0.137. The number of alkyl halides is 3. The Kier molecular flexibility index (Phi) is 14.2. The van der Waals surface area contributed by atoms with Crippen LogP contribution < -0.4 is 21.3 Å². The van der Waals surface area contributed by atoms with Gasteiger partial charge in [-0.3, -0.25) is 24.5 Å². The Labute approximate surface area is 387 Å². The number of anilines is 6. The van der Waals surface area contributed by atoms with E-state index in [0.29, 0.717) is 16.4 Å². The van der Waals surface area contributed by atoms with E-state index in [4.69, 9.17) is 0 Å². The Bertz CT molecular complexity index is 2920. The summed E-state index contributed by atoms with van der Waals surface area (Å²) in [6.07, 6.45) is 5.02. The van der Waals surface area contributed by atoms with Crippen molar-refractivity contribution in [2.45, 2.75) is 39.4 Å². The van der Waals surface area contributed by atoms with Crippen LogP contribution in [-0.4, -0.2) is 49.7 Å². The van der Waals surface area contributed by atoms with Crippen LogP contribution in [0.15, 0.2) is 145 Å². The molecule has 0 atom stereocenters. The standard InChI is InChI=1S/C27H27N5OS.C23H17F3N4OS/c1-19-6-11-23(15-24(19)30-27-31-25(18-34-27)22-5-4-12-28-16-22)29-26(33)21-9-7-20(8-10-21)17-32-13-2-3-14-32;1-14-7-8-18(28-21(31)15-4-2-6-17(10-15)23(24,25)26)11-19(14)29-22-30-20(13-32-22)16-5-3-9-27-12-16/h4-12,15-16,18H,2-3,13-14,17H2,1H3,(H,29,33)(H,30,31);2-13H,1H3,(H,28,31)(H,29,30). The molecule has 1 fully saturated rings. The van der Waals surface area contributed by atoms with Crippen molar-refractivity contribution >= 4 is 67.5 Å². The number of pyridine rings is 2. The number of aryl methyl sites for hydroxylation is 2. The molecule has 334 valence electrons. The molecule has 0 radical (unpaired) electrons. The van der Waals surface area contributed by atoms with E-state index in [9.17, 15) is 22.8 Å². The largest absolute Gasteiger partial charge is 0.416 e. The number of halogens is 3. The highest BCUT2D eigenvalue weighted by Crippen LogP contribution is 2.33. The van der Waals surface area contributed by atoms with Gasteiger partial charge < -0.3 is 21.3 Å². The van der Waals surface area contributed by atoms with Gasteiger partial charge in [0.05, 0.1) is 17.0 Å². The number of carbonyl (C=O) groups excluding carboxylic acids is 2. The van der Waals surface area contributed by atoms with Gasteiger partial charge in [0.15, 0.2) is 10.3 Å². The van der Waals surface area contributed by atoms with Crippen molar-refractivity contribution in [3.8, 4) is 22.5 Å². The molecule has 0 aliphatic carbocycles. The minimum atomic E-state index is -4.51. The third kappa shape index (κ3) is 11.9. The maximum atomic E-state index is 12.9. The first kappa shape index (κ1) is 45.3. The molecule has 2 amide bonds. The molecule has 5 heterocycles. The summed E-state index contributed by atoms with van der Waals surface area (Å²) in [7, 11) is 0. The summed E-state index contributed by atoms with van der Waals surface area (Å²) in [4.78, 5) is 45.3. The number of hydrogen-bond donors (Lipinski definition) is 4. The molecule has 1 aliphatic heterocycles. The van der Waals surface area contributed by atoms with Crippen LogP contribution in [0.2, 0.25) is 0 Å². The summed E-state index contributed by atoms with van der Waals surface area (Å²) in [5.41, 5.74) is 9.32. The van der Waals surface area contributed by atoms with Gasteiger partial charge in [-0.25, -0.2) is 9.97 Å². The topological polar surface area (TPSA) is 137 Å². The average Bonchev–Trinajstić information content (AvgIpc) is 4.13. The van der Waals surface area contributed by atoms with E-state index < -0.39 is 17.6 Å². The fourth-order valence-corrected chi connectivity index (χ4v) is 8.52. The third-order valence-electron chi connectivity index (χ3n) is 10.7. The summed E-state index contributed by atoms with van der Waals surface area (Å²) in [6, 6.07) is 30.9. The van der Waals surface area contributed by atoms with Crippen molar-refractivity contribution in [1.82, 2.24) is 24.8 Å². The molecule has 11 nitrogen and oxygen atoms in total. The number of amides is 2. The molecule has 4 aromatic carbocycles. The monoisotopic (exact) mass is 923 g/mol. The van der Waals surface area contributed by atoms with Crippen LogP contribution in [0.5, 0.6) is 0 Å². The molecule has 8 aromatic rings. The zero-order valence-electron chi connectivity index (χ0n) is 35.9. The Morgan fingerprint density at radius 2 is 1.17 bits per heavy atom. The molecular weight excluding hydrogens is 880 g/mol. The van der Waals surface area contributed by atoms with E-state index in [1.807, 2.05) is 79.2 Å². The molecule has 1 aliphatic rings. The minimum Gasteiger partial charge on any atom is -0.331 e. The van der Waals surface area contributed by atoms with Crippen LogP contribution in [0.3, 0.4) is 0 Å². The molecule has 0 saturated carbocycles. The zero-order chi connectivity index (χ0) is 46.0. The van der Waals surface area contributed by atoms with E-state index >= 15 is 0 Å². The minimum absolute atomic E-state index is 0.0732. The quantitative estimate of drug-likeness (QED) is 0.0944. The molecule has 9 rings (SSSR count). The second-order valence-electron chi connectivity index (χ2n) is 15.5. The highest BCUT2D eigenvalue weighted by atomic mass is 32.1. The molecule has 1 saturated heterocycles. The van der Waals surface area contributed by atoms with Crippen LogP contribution in [0.1, 0.15) is 55.8 Å². The number of nitrogens with one attached hydrogen (secondary N) is 4. The summed E-state index contributed by atoms with van der Waals surface area (Å²) >= 11 is 2.96. The van der Waals surface area contributed by atoms with E-state index in [-0.39, 0.29) is 11.5 Å². The number of aromatic nitrogens is 4. The highest BCUT2D eigenvalue weighted by molar-refractivity contribution is 7.14. The van der Waals surface area contributed by atoms with Crippen LogP contribution in [0.25, 0.3) is 22.5 Å². The molecule has 4 N–H and O–H groups in total. The summed E-state index contributed by atoms with van der Waals surface area (Å²) in [5.74, 6) is -0.741. The van der Waals surface area contributed by atoms with Crippen molar-refractivity contribution in [3.05, 3.63) is 178 Å². The lowest BCUT2D eigenvalue weighted by Gasteiger charge is -2.15. The molecule has 0 spiro atoms. The Morgan fingerprint density at radius 1 is 0.636 bits per heavy atom. The predicted molar refractivity (Wildman–Crippen MR) is 258 cm³/mol. The summed E-state index contributed by atoms with van der Waals surface area (Å²) in [6.45, 7) is 7.21. The second-order valence-corrected chi connectivity index (χ2v) is 17.3. The number of hydrogen-bond acceptors (Lipinski definition) is 11. The van der Waals surface area contributed by atoms with E-state index in [1.54, 1.807) is 43.0 Å². The van der Waals surface area contributed by atoms with Crippen molar-refractivity contribution < 1.29 is 22.8 Å².